The molecule has 1 fully saturated rings. The van der Waals surface area contributed by atoms with Crippen molar-refractivity contribution >= 4 is 29.3 Å². The second-order valence-electron chi connectivity index (χ2n) is 5.92. The Balaban J connectivity index is 1.79. The van der Waals surface area contributed by atoms with Crippen molar-refractivity contribution in [2.45, 2.75) is 26.2 Å². The van der Waals surface area contributed by atoms with Crippen LogP contribution in [0.3, 0.4) is 0 Å². The highest BCUT2D eigenvalue weighted by Crippen LogP contribution is 2.47. The van der Waals surface area contributed by atoms with Gasteiger partial charge < -0.3 is 15.7 Å². The van der Waals surface area contributed by atoms with Gasteiger partial charge in [-0.3, -0.25) is 14.5 Å². The number of hydrogen-bond acceptors (Lipinski definition) is 3. The highest BCUT2D eigenvalue weighted by Gasteiger charge is 2.57. The Hall–Kier alpha value is -2.57. The Morgan fingerprint density at radius 1 is 1.30 bits per heavy atom. The van der Waals surface area contributed by atoms with Crippen molar-refractivity contribution in [1.82, 2.24) is 5.32 Å². The number of anilines is 2. The summed E-state index contributed by atoms with van der Waals surface area (Å²) in [6, 6.07) is 5.17. The molecule has 1 aliphatic heterocycles. The summed E-state index contributed by atoms with van der Waals surface area (Å²) in [7, 11) is 0. The third-order valence-electron chi connectivity index (χ3n) is 4.41. The molecule has 0 bridgehead atoms. The SMILES string of the molecule is CCNC(=O)N1CCc2ccc(NC(=O)C3(C(=O)O)CC3)cc21. The maximum atomic E-state index is 12.2. The molecule has 1 aromatic carbocycles. The lowest BCUT2D eigenvalue weighted by atomic mass is 10.1. The fourth-order valence-corrected chi connectivity index (χ4v) is 2.83. The zero-order chi connectivity index (χ0) is 16.6. The van der Waals surface area contributed by atoms with Crippen LogP contribution >= 0.6 is 0 Å². The quantitative estimate of drug-likeness (QED) is 0.734. The molecule has 7 heteroatoms. The van der Waals surface area contributed by atoms with Gasteiger partial charge >= 0.3 is 12.0 Å². The van der Waals surface area contributed by atoms with Gasteiger partial charge in [-0.2, -0.15) is 0 Å². The minimum Gasteiger partial charge on any atom is -0.480 e. The molecular formula is C16H19N3O4. The van der Waals surface area contributed by atoms with Gasteiger partial charge in [0.25, 0.3) is 0 Å². The minimum atomic E-state index is -1.28. The van der Waals surface area contributed by atoms with Gasteiger partial charge in [0.2, 0.25) is 5.91 Å². The van der Waals surface area contributed by atoms with Crippen molar-refractivity contribution in [3.8, 4) is 0 Å². The molecule has 3 amide bonds. The summed E-state index contributed by atoms with van der Waals surface area (Å²) in [6.07, 6.45) is 1.49. The van der Waals surface area contributed by atoms with E-state index in [2.05, 4.69) is 10.6 Å². The zero-order valence-corrected chi connectivity index (χ0v) is 12.9. The summed E-state index contributed by atoms with van der Waals surface area (Å²) in [5.41, 5.74) is 1.03. The lowest BCUT2D eigenvalue weighted by molar-refractivity contribution is -0.147. The van der Waals surface area contributed by atoms with Gasteiger partial charge in [0.05, 0.1) is 5.69 Å². The number of rotatable bonds is 4. The first kappa shape index (κ1) is 15.3. The second kappa shape index (κ2) is 5.57. The molecule has 1 heterocycles. The van der Waals surface area contributed by atoms with Crippen LogP contribution in [0.4, 0.5) is 16.2 Å². The Labute approximate surface area is 133 Å². The smallest absolute Gasteiger partial charge is 0.321 e. The fourth-order valence-electron chi connectivity index (χ4n) is 2.83. The number of nitrogens with zero attached hydrogens (tertiary/aromatic N) is 1. The summed E-state index contributed by atoms with van der Waals surface area (Å²) < 4.78 is 0. The van der Waals surface area contributed by atoms with Crippen LogP contribution in [-0.2, 0) is 16.0 Å². The lowest BCUT2D eigenvalue weighted by Crippen LogP contribution is -2.38. The van der Waals surface area contributed by atoms with Crippen LogP contribution in [0.25, 0.3) is 0 Å². The van der Waals surface area contributed by atoms with Crippen molar-refractivity contribution in [2.24, 2.45) is 5.41 Å². The van der Waals surface area contributed by atoms with Crippen LogP contribution < -0.4 is 15.5 Å². The third kappa shape index (κ3) is 2.62. The first-order valence-corrected chi connectivity index (χ1v) is 7.71. The van der Waals surface area contributed by atoms with Crippen molar-refractivity contribution < 1.29 is 19.5 Å². The van der Waals surface area contributed by atoms with Crippen molar-refractivity contribution in [2.75, 3.05) is 23.3 Å². The Kier molecular flexibility index (Phi) is 3.71. The van der Waals surface area contributed by atoms with Gasteiger partial charge in [-0.25, -0.2) is 4.79 Å². The normalized spacial score (nSPS) is 17.3. The summed E-state index contributed by atoms with van der Waals surface area (Å²) in [6.45, 7) is 2.99. The summed E-state index contributed by atoms with van der Waals surface area (Å²) in [5.74, 6) is -1.58. The summed E-state index contributed by atoms with van der Waals surface area (Å²) in [5, 5.41) is 14.6. The van der Waals surface area contributed by atoms with Gasteiger partial charge in [0.1, 0.15) is 5.41 Å². The number of hydrogen-bond donors (Lipinski definition) is 3. The molecule has 122 valence electrons. The molecule has 0 radical (unpaired) electrons. The van der Waals surface area contributed by atoms with Crippen LogP contribution in [-0.4, -0.2) is 36.1 Å². The van der Waals surface area contributed by atoms with Crippen LogP contribution in [0.15, 0.2) is 18.2 Å². The number of carbonyl (C=O) groups excluding carboxylic acids is 2. The largest absolute Gasteiger partial charge is 0.480 e. The fraction of sp³-hybridized carbons (Fsp3) is 0.438. The predicted molar refractivity (Wildman–Crippen MR) is 84.5 cm³/mol. The molecule has 3 rings (SSSR count). The van der Waals surface area contributed by atoms with E-state index in [1.165, 1.54) is 0 Å². The monoisotopic (exact) mass is 317 g/mol. The Morgan fingerprint density at radius 3 is 2.65 bits per heavy atom. The first-order valence-electron chi connectivity index (χ1n) is 7.71. The van der Waals surface area contributed by atoms with E-state index in [9.17, 15) is 14.4 Å². The molecule has 23 heavy (non-hydrogen) atoms. The number of carbonyl (C=O) groups is 3. The van der Waals surface area contributed by atoms with E-state index in [-0.39, 0.29) is 6.03 Å². The van der Waals surface area contributed by atoms with Crippen LogP contribution in [0.1, 0.15) is 25.3 Å². The molecule has 1 aromatic rings. The number of nitrogens with one attached hydrogen (secondary N) is 2. The molecule has 1 saturated carbocycles. The molecule has 0 spiro atoms. The van der Waals surface area contributed by atoms with Crippen molar-refractivity contribution in [3.05, 3.63) is 23.8 Å². The Bertz CT molecular complexity index is 682. The van der Waals surface area contributed by atoms with E-state index in [0.29, 0.717) is 31.6 Å². The Morgan fingerprint density at radius 2 is 2.04 bits per heavy atom. The minimum absolute atomic E-state index is 0.168. The average Bonchev–Trinajstić information content (AvgIpc) is 3.23. The lowest BCUT2D eigenvalue weighted by Gasteiger charge is -2.18. The molecule has 0 saturated heterocycles. The van der Waals surface area contributed by atoms with Gasteiger partial charge in [-0.1, -0.05) is 6.07 Å². The molecule has 2 aliphatic rings. The second-order valence-corrected chi connectivity index (χ2v) is 5.92. The van der Waals surface area contributed by atoms with E-state index in [0.717, 1.165) is 17.7 Å². The van der Waals surface area contributed by atoms with Gasteiger partial charge in [-0.15, -0.1) is 0 Å². The van der Waals surface area contributed by atoms with Crippen LogP contribution in [0.2, 0.25) is 0 Å². The van der Waals surface area contributed by atoms with Gasteiger partial charge in [0.15, 0.2) is 0 Å². The van der Waals surface area contributed by atoms with Crippen molar-refractivity contribution in [1.29, 1.82) is 0 Å². The molecular weight excluding hydrogens is 298 g/mol. The molecule has 1 aliphatic carbocycles. The van der Waals surface area contributed by atoms with Crippen molar-refractivity contribution in [3.63, 3.8) is 0 Å². The number of amides is 3. The predicted octanol–water partition coefficient (Wildman–Crippen LogP) is 1.58. The average molecular weight is 317 g/mol. The van der Waals surface area contributed by atoms with Gasteiger partial charge in [0, 0.05) is 18.8 Å². The van der Waals surface area contributed by atoms with Crippen LogP contribution in [0, 0.1) is 5.41 Å². The molecule has 3 N–H and O–H groups in total. The van der Waals surface area contributed by atoms with E-state index < -0.39 is 17.3 Å². The summed E-state index contributed by atoms with van der Waals surface area (Å²) in [4.78, 5) is 37.1. The zero-order valence-electron chi connectivity index (χ0n) is 12.9. The third-order valence-corrected chi connectivity index (χ3v) is 4.41. The van der Waals surface area contributed by atoms with E-state index in [1.54, 1.807) is 17.0 Å². The van der Waals surface area contributed by atoms with E-state index in [1.807, 2.05) is 13.0 Å². The molecule has 7 nitrogen and oxygen atoms in total. The number of aliphatic carboxylic acids is 1. The highest BCUT2D eigenvalue weighted by molar-refractivity contribution is 6.11. The molecule has 0 aromatic heterocycles. The maximum Gasteiger partial charge on any atom is 0.321 e. The topological polar surface area (TPSA) is 98.7 Å². The molecule has 0 atom stereocenters. The maximum absolute atomic E-state index is 12.2. The van der Waals surface area contributed by atoms with E-state index >= 15 is 0 Å². The van der Waals surface area contributed by atoms with Gasteiger partial charge in [-0.05, 0) is 43.9 Å². The summed E-state index contributed by atoms with van der Waals surface area (Å²) >= 11 is 0. The standard InChI is InChI=1S/C16H19N3O4/c1-2-17-15(23)19-8-5-10-3-4-11(9-12(10)19)18-13(20)16(6-7-16)14(21)22/h3-4,9H,2,5-8H2,1H3,(H,17,23)(H,18,20)(H,21,22). The first-order chi connectivity index (χ1) is 11.0. The number of benzene rings is 1. The number of fused-ring (bicyclic) bond motifs is 1. The van der Waals surface area contributed by atoms with E-state index in [4.69, 9.17) is 5.11 Å². The number of urea groups is 1. The van der Waals surface area contributed by atoms with Crippen LogP contribution in [0.5, 0.6) is 0 Å². The molecule has 0 unspecified atom stereocenters. The highest BCUT2D eigenvalue weighted by atomic mass is 16.4. The number of carboxylic acids is 1. The number of carboxylic acid groups (broad SMARTS) is 1.